The maximum absolute atomic E-state index is 13.9. The fourth-order valence-corrected chi connectivity index (χ4v) is 4.75. The third-order valence-corrected chi connectivity index (χ3v) is 6.53. The molecule has 0 unspecified atom stereocenters. The average molecular weight is 533 g/mol. The van der Waals surface area contributed by atoms with Crippen LogP contribution in [0.1, 0.15) is 65.7 Å². The molecule has 1 aromatic carbocycles. The van der Waals surface area contributed by atoms with Crippen LogP contribution >= 0.6 is 11.8 Å². The SMILES string of the molecule is C=C(C)c1c(SCC(=O)OCC)n(C[C@H](OC(C)(C)C)c2ccccc2)c(=O)n(C(C)(C)C(=O)O)c1=O. The first kappa shape index (κ1) is 30.1. The molecule has 0 aliphatic rings. The summed E-state index contributed by atoms with van der Waals surface area (Å²) < 4.78 is 13.4. The molecule has 2 rings (SSSR count). The van der Waals surface area contributed by atoms with Gasteiger partial charge in [0.15, 0.2) is 0 Å². The predicted molar refractivity (Wildman–Crippen MR) is 144 cm³/mol. The molecule has 0 fully saturated rings. The highest BCUT2D eigenvalue weighted by atomic mass is 32.2. The minimum Gasteiger partial charge on any atom is -0.480 e. The highest BCUT2D eigenvalue weighted by Gasteiger charge is 2.36. The van der Waals surface area contributed by atoms with Gasteiger partial charge in [-0.2, -0.15) is 0 Å². The molecular weight excluding hydrogens is 496 g/mol. The van der Waals surface area contributed by atoms with Crippen LogP contribution in [0.25, 0.3) is 5.57 Å². The summed E-state index contributed by atoms with van der Waals surface area (Å²) in [5, 5.41) is 10.1. The minimum atomic E-state index is -1.85. The van der Waals surface area contributed by atoms with Crippen molar-refractivity contribution in [1.29, 1.82) is 0 Å². The van der Waals surface area contributed by atoms with Gasteiger partial charge in [-0.15, -0.1) is 0 Å². The molecule has 202 valence electrons. The Morgan fingerprint density at radius 1 is 1.11 bits per heavy atom. The maximum Gasteiger partial charge on any atom is 0.333 e. The molecule has 1 atom stereocenters. The lowest BCUT2D eigenvalue weighted by Crippen LogP contribution is -2.54. The number of hydrogen-bond acceptors (Lipinski definition) is 7. The fourth-order valence-electron chi connectivity index (χ4n) is 3.70. The lowest BCUT2D eigenvalue weighted by atomic mass is 10.0. The largest absolute Gasteiger partial charge is 0.480 e. The van der Waals surface area contributed by atoms with Gasteiger partial charge in [-0.25, -0.2) is 14.2 Å². The summed E-state index contributed by atoms with van der Waals surface area (Å²) in [5.74, 6) is -2.02. The predicted octanol–water partition coefficient (Wildman–Crippen LogP) is 4.07. The average Bonchev–Trinajstić information content (AvgIpc) is 2.78. The second kappa shape index (κ2) is 12.0. The van der Waals surface area contributed by atoms with Gasteiger partial charge in [0.05, 0.1) is 35.1 Å². The van der Waals surface area contributed by atoms with E-state index < -0.39 is 40.4 Å². The molecule has 1 N–H and O–H groups in total. The van der Waals surface area contributed by atoms with E-state index in [2.05, 4.69) is 6.58 Å². The molecule has 0 aliphatic heterocycles. The number of carboxylic acids is 1. The second-order valence-electron chi connectivity index (χ2n) is 10.1. The zero-order chi connectivity index (χ0) is 28.1. The van der Waals surface area contributed by atoms with Crippen LogP contribution in [0, 0.1) is 0 Å². The number of carbonyl (C=O) groups is 2. The van der Waals surface area contributed by atoms with Crippen LogP contribution in [0.5, 0.6) is 0 Å². The van der Waals surface area contributed by atoms with Crippen LogP contribution in [0.4, 0.5) is 0 Å². The van der Waals surface area contributed by atoms with Gasteiger partial charge in [-0.05, 0) is 59.6 Å². The number of hydrogen-bond donors (Lipinski definition) is 1. The third kappa shape index (κ3) is 7.23. The van der Waals surface area contributed by atoms with Gasteiger partial charge in [-0.1, -0.05) is 48.7 Å². The second-order valence-corrected chi connectivity index (χ2v) is 11.0. The molecule has 9 nitrogen and oxygen atoms in total. The number of carbonyl (C=O) groups excluding carboxylic acids is 1. The molecule has 0 aliphatic carbocycles. The Morgan fingerprint density at radius 3 is 2.19 bits per heavy atom. The number of esters is 1. The molecule has 2 aromatic rings. The highest BCUT2D eigenvalue weighted by Crippen LogP contribution is 2.30. The monoisotopic (exact) mass is 532 g/mol. The smallest absolute Gasteiger partial charge is 0.333 e. The van der Waals surface area contributed by atoms with E-state index in [1.165, 1.54) is 18.4 Å². The van der Waals surface area contributed by atoms with Crippen LogP contribution in [0.2, 0.25) is 0 Å². The molecule has 1 heterocycles. The van der Waals surface area contributed by atoms with Crippen molar-refractivity contribution in [3.63, 3.8) is 0 Å². The summed E-state index contributed by atoms with van der Waals surface area (Å²) in [5.41, 5.74) is -2.88. The lowest BCUT2D eigenvalue weighted by Gasteiger charge is -2.31. The quantitative estimate of drug-likeness (QED) is 0.261. The zero-order valence-corrected chi connectivity index (χ0v) is 23.3. The van der Waals surface area contributed by atoms with Crippen LogP contribution in [0.3, 0.4) is 0 Å². The van der Waals surface area contributed by atoms with Gasteiger partial charge >= 0.3 is 17.6 Å². The Bertz CT molecular complexity index is 1270. The molecule has 10 heteroatoms. The Balaban J connectivity index is 2.90. The number of rotatable bonds is 11. The van der Waals surface area contributed by atoms with Crippen molar-refractivity contribution in [3.8, 4) is 0 Å². The number of aliphatic carboxylic acids is 1. The summed E-state index contributed by atoms with van der Waals surface area (Å²) in [6.45, 7) is 15.6. The van der Waals surface area contributed by atoms with Crippen LogP contribution < -0.4 is 11.2 Å². The minimum absolute atomic E-state index is 0.0401. The molecule has 0 amide bonds. The Morgan fingerprint density at radius 2 is 1.70 bits per heavy atom. The van der Waals surface area contributed by atoms with E-state index in [0.717, 1.165) is 21.9 Å². The van der Waals surface area contributed by atoms with E-state index in [4.69, 9.17) is 9.47 Å². The van der Waals surface area contributed by atoms with Crippen LogP contribution in [0.15, 0.2) is 51.5 Å². The molecule has 0 saturated carbocycles. The summed E-state index contributed by atoms with van der Waals surface area (Å²) >= 11 is 0.973. The molecule has 1 aromatic heterocycles. The summed E-state index contributed by atoms with van der Waals surface area (Å²) in [4.78, 5) is 51.7. The van der Waals surface area contributed by atoms with Crippen LogP contribution in [-0.4, -0.2) is 44.1 Å². The molecule has 0 saturated heterocycles. The van der Waals surface area contributed by atoms with Crippen molar-refractivity contribution in [2.45, 2.75) is 77.3 Å². The number of nitrogens with zero attached hydrogens (tertiary/aromatic N) is 2. The molecule has 37 heavy (non-hydrogen) atoms. The van der Waals surface area contributed by atoms with Gasteiger partial charge < -0.3 is 14.6 Å². The normalized spacial score (nSPS) is 12.7. The summed E-state index contributed by atoms with van der Waals surface area (Å²) in [6.07, 6.45) is -0.627. The standard InChI is InChI=1S/C27H36N2O7S/c1-9-35-20(30)16-37-23-21(17(2)3)22(31)29(27(7,8)24(32)33)25(34)28(23)15-19(36-26(4,5)6)18-13-11-10-12-14-18/h10-14,19H,2,9,15-16H2,1,3-8H3,(H,32,33)/t19-/m0/s1. The first-order valence-corrected chi connectivity index (χ1v) is 12.9. The lowest BCUT2D eigenvalue weighted by molar-refractivity contribution is -0.146. The number of carboxylic acid groups (broad SMARTS) is 1. The van der Waals surface area contributed by atoms with Crippen molar-refractivity contribution >= 4 is 29.3 Å². The van der Waals surface area contributed by atoms with E-state index in [9.17, 15) is 24.3 Å². The van der Waals surface area contributed by atoms with Gasteiger partial charge in [0.2, 0.25) is 0 Å². The van der Waals surface area contributed by atoms with Crippen molar-refractivity contribution < 1.29 is 24.2 Å². The van der Waals surface area contributed by atoms with Gasteiger partial charge in [0, 0.05) is 0 Å². The summed E-state index contributed by atoms with van der Waals surface area (Å²) in [6, 6.07) is 9.29. The Kier molecular flexibility index (Phi) is 9.73. The first-order chi connectivity index (χ1) is 17.1. The van der Waals surface area contributed by atoms with Crippen molar-refractivity contribution in [2.24, 2.45) is 0 Å². The van der Waals surface area contributed by atoms with E-state index >= 15 is 0 Å². The van der Waals surface area contributed by atoms with E-state index in [0.29, 0.717) is 5.57 Å². The van der Waals surface area contributed by atoms with E-state index in [1.54, 1.807) is 13.8 Å². The topological polar surface area (TPSA) is 117 Å². The fraction of sp³-hybridized carbons (Fsp3) is 0.481. The molecule has 0 bridgehead atoms. The van der Waals surface area contributed by atoms with Crippen molar-refractivity contribution in [3.05, 3.63) is 68.9 Å². The van der Waals surface area contributed by atoms with E-state index in [-0.39, 0.29) is 29.5 Å². The molecular formula is C27H36N2O7S. The van der Waals surface area contributed by atoms with Gasteiger partial charge in [0.25, 0.3) is 5.56 Å². The number of thioether (sulfide) groups is 1. The number of ether oxygens (including phenoxy) is 2. The maximum atomic E-state index is 13.9. The molecule has 0 spiro atoms. The van der Waals surface area contributed by atoms with E-state index in [1.807, 2.05) is 51.1 Å². The first-order valence-electron chi connectivity index (χ1n) is 11.9. The van der Waals surface area contributed by atoms with Crippen LogP contribution in [-0.2, 0) is 31.1 Å². The van der Waals surface area contributed by atoms with Crippen molar-refractivity contribution in [1.82, 2.24) is 9.13 Å². The van der Waals surface area contributed by atoms with Gasteiger partial charge in [-0.3, -0.25) is 14.2 Å². The number of benzene rings is 1. The number of aromatic nitrogens is 2. The summed E-state index contributed by atoms with van der Waals surface area (Å²) in [7, 11) is 0. The number of allylic oxidation sites excluding steroid dienone is 1. The molecule has 0 radical (unpaired) electrons. The Labute approximate surface area is 221 Å². The van der Waals surface area contributed by atoms with Crippen molar-refractivity contribution in [2.75, 3.05) is 12.4 Å². The third-order valence-electron chi connectivity index (χ3n) is 5.45. The Hall–Kier alpha value is -3.11. The zero-order valence-electron chi connectivity index (χ0n) is 22.5. The van der Waals surface area contributed by atoms with Gasteiger partial charge in [0.1, 0.15) is 11.6 Å². The highest BCUT2D eigenvalue weighted by molar-refractivity contribution is 8.00.